The number of amides is 1. The van der Waals surface area contributed by atoms with E-state index in [4.69, 9.17) is 27.8 Å². The molecule has 1 atom stereocenters. The fraction of sp³-hybridized carbons (Fsp3) is 0.0769. The first-order chi connectivity index (χ1) is 39.1. The number of carbonyl (C=O) groups is 1. The molecule has 0 aliphatic carbocycles. The fourth-order valence-electron chi connectivity index (χ4n) is 7.10. The van der Waals surface area contributed by atoms with Crippen molar-refractivity contribution in [3.63, 3.8) is 0 Å². The molecule has 1 unspecified atom stereocenters. The second-order valence-corrected chi connectivity index (χ2v) is 28.0. The number of azo groups is 2. The highest BCUT2D eigenvalue weighted by molar-refractivity contribution is 7.92. The lowest BCUT2D eigenvalue weighted by atomic mass is 10.1. The Labute approximate surface area is 488 Å². The first kappa shape index (κ1) is 65.3. The van der Waals surface area contributed by atoms with Crippen molar-refractivity contribution in [1.82, 2.24) is 15.0 Å². The molecule has 46 heteroatoms. The van der Waals surface area contributed by atoms with Crippen molar-refractivity contribution in [3.8, 4) is 11.5 Å². The Morgan fingerprint density at radius 3 is 1.47 bits per heavy atom. The van der Waals surface area contributed by atoms with Gasteiger partial charge in [-0.15, -0.1) is 15.3 Å². The zero-order chi connectivity index (χ0) is 63.2. The van der Waals surface area contributed by atoms with Crippen molar-refractivity contribution >= 4 is 184 Å². The molecule has 0 bridgehead atoms. The van der Waals surface area contributed by atoms with Crippen LogP contribution in [0.25, 0.3) is 21.5 Å². The monoisotopic (exact) mass is 1380 g/mol. The summed E-state index contributed by atoms with van der Waals surface area (Å²) >= 11 is 9.31. The molecule has 454 valence electrons. The van der Waals surface area contributed by atoms with Gasteiger partial charge in [0.1, 0.15) is 43.6 Å². The van der Waals surface area contributed by atoms with Crippen LogP contribution < -0.4 is 16.0 Å². The number of nitrogens with zero attached hydrogens (tertiary/aromatic N) is 7. The van der Waals surface area contributed by atoms with Gasteiger partial charge in [0.25, 0.3) is 50.6 Å². The number of sulfone groups is 1. The Bertz CT molecular complexity index is 4890. The minimum Gasteiger partial charge on any atom is -0.505 e. The Balaban J connectivity index is 1.35. The van der Waals surface area contributed by atoms with Crippen LogP contribution >= 0.6 is 23.2 Å². The van der Waals surface area contributed by atoms with Crippen LogP contribution in [0.4, 0.5) is 51.7 Å². The van der Waals surface area contributed by atoms with E-state index in [1.807, 2.05) is 0 Å². The molecule has 0 fully saturated rings. The van der Waals surface area contributed by atoms with Crippen LogP contribution in [0.3, 0.4) is 0 Å². The van der Waals surface area contributed by atoms with Gasteiger partial charge in [-0.05, 0) is 101 Å². The summed E-state index contributed by atoms with van der Waals surface area (Å²) in [5, 5.41) is 41.5. The molecule has 0 radical (unpaired) electrons. The van der Waals surface area contributed by atoms with E-state index >= 15 is 0 Å². The second-order valence-electron chi connectivity index (χ2n) is 16.2. The van der Waals surface area contributed by atoms with Crippen molar-refractivity contribution in [2.24, 2.45) is 20.5 Å². The van der Waals surface area contributed by atoms with E-state index in [1.165, 1.54) is 0 Å². The lowest BCUT2D eigenvalue weighted by Gasteiger charge is -2.16. The molecule has 85 heavy (non-hydrogen) atoms. The van der Waals surface area contributed by atoms with Crippen LogP contribution in [-0.4, -0.2) is 139 Å². The van der Waals surface area contributed by atoms with Crippen LogP contribution in [0.2, 0.25) is 5.28 Å². The molecule has 36 nitrogen and oxygen atoms in total. The van der Waals surface area contributed by atoms with Gasteiger partial charge in [0.15, 0.2) is 28.5 Å². The third-order valence-electron chi connectivity index (χ3n) is 10.5. The van der Waals surface area contributed by atoms with Crippen molar-refractivity contribution in [2.45, 2.75) is 29.4 Å². The van der Waals surface area contributed by atoms with Crippen LogP contribution in [0.15, 0.2) is 129 Å². The Morgan fingerprint density at radius 1 is 0.565 bits per heavy atom. The van der Waals surface area contributed by atoms with Crippen LogP contribution in [0.1, 0.15) is 0 Å². The number of aromatic nitrogens is 3. The molecule has 0 saturated carbocycles. The number of phenolic OH excluding ortho intramolecular Hbond substituents is 2. The molecule has 7 rings (SSSR count). The molecular formula is C39H30Cl2N10O26S8. The van der Waals surface area contributed by atoms with Gasteiger partial charge in [-0.1, -0.05) is 11.6 Å². The molecule has 0 saturated heterocycles. The summed E-state index contributed by atoms with van der Waals surface area (Å²) in [5.41, 5.74) is -5.29. The van der Waals surface area contributed by atoms with Crippen molar-refractivity contribution in [2.75, 3.05) is 33.7 Å². The lowest BCUT2D eigenvalue weighted by molar-refractivity contribution is -0.113. The number of hydrogen-bond donors (Lipinski definition) is 11. The van der Waals surface area contributed by atoms with Crippen molar-refractivity contribution in [1.29, 1.82) is 0 Å². The van der Waals surface area contributed by atoms with E-state index in [-0.39, 0.29) is 11.4 Å². The highest BCUT2D eigenvalue weighted by Crippen LogP contribution is 2.48. The summed E-state index contributed by atoms with van der Waals surface area (Å²) in [6, 6.07) is 8.68. The average Bonchev–Trinajstić information content (AvgIpc) is 1.18. The van der Waals surface area contributed by atoms with Crippen LogP contribution in [0.5, 0.6) is 11.5 Å². The average molecular weight is 1380 g/mol. The van der Waals surface area contributed by atoms with Crippen LogP contribution in [-0.2, 0) is 95.1 Å². The maximum Gasteiger partial charge on any atom is 0.398 e. The molecule has 0 aliphatic heterocycles. The summed E-state index contributed by atoms with van der Waals surface area (Å²) < 4.78 is 253. The van der Waals surface area contributed by atoms with Gasteiger partial charge < -0.3 is 26.2 Å². The first-order valence-corrected chi connectivity index (χ1v) is 33.8. The second kappa shape index (κ2) is 24.3. The van der Waals surface area contributed by atoms with Crippen molar-refractivity contribution in [3.05, 3.63) is 84.1 Å². The number of hydrogen-bond acceptors (Lipinski definition) is 29. The quantitative estimate of drug-likeness (QED) is 0.0237. The van der Waals surface area contributed by atoms with Gasteiger partial charge in [0.2, 0.25) is 32.9 Å². The van der Waals surface area contributed by atoms with E-state index in [9.17, 15) is 101 Å². The number of alkyl halides is 1. The summed E-state index contributed by atoms with van der Waals surface area (Å²) in [7, 11) is -36.7. The summed E-state index contributed by atoms with van der Waals surface area (Å²) in [4.78, 5) is 17.5. The molecule has 1 aromatic heterocycles. The molecule has 6 aromatic carbocycles. The van der Waals surface area contributed by atoms with Gasteiger partial charge in [-0.25, -0.2) is 16.8 Å². The molecular weight excluding hydrogens is 1350 g/mol. The number of rotatable bonds is 22. The number of nitrogens with one attached hydrogen (secondary N) is 3. The maximum absolute atomic E-state index is 12.8. The Hall–Kier alpha value is -7.22. The SMILES string of the molecule is O=C(CS(=O)OCCl)Nc1ccc(N=Nc2c(S(=O)(=O)O)cc3cc(S(=O)(=O)O)cc(Nc4nc(Cl)nc(Nc5cc(S(=O)(=O)O)cc6cc(S(=O)(=O)O)c(N=Nc7ccc(S(=O)(=O)COS(=O)(=O)O)cc7)c(O)c56)n4)c3c2O)c(S(=O)(=O)O)c1. The number of benzene rings is 6. The zero-order valence-electron chi connectivity index (χ0n) is 40.7. The van der Waals surface area contributed by atoms with E-state index in [1.54, 1.807) is 0 Å². The summed E-state index contributed by atoms with van der Waals surface area (Å²) in [6.07, 6.45) is 0. The van der Waals surface area contributed by atoms with Crippen molar-refractivity contribution < 1.29 is 114 Å². The van der Waals surface area contributed by atoms with Gasteiger partial charge in [0.05, 0.1) is 31.7 Å². The molecule has 1 amide bonds. The molecule has 7 aromatic rings. The largest absolute Gasteiger partial charge is 0.505 e. The standard InChI is InChI=1S/C39H30Cl2N10O26S8/c40-15-76-78(55)14-30(52)42-20-3-6-24(27(11-20)82(64,65)66)49-51-34-29(84(70,71)72)10-18-8-23(81(61,62)63)13-26(32(18)36(34)54)44-39-46-37(41)45-38(47-39)43-25-12-22(80(58,59)60)7-17-9-28(83(67,68)69)33(35(53)31(17)25)50-48-19-1-4-21(5-2-19)79(56,57)16-77-85(73,74)75/h1-13,53-54H,14-16H2,(H,42,52)(H,58,59,60)(H,61,62,63)(H,64,65,66)(H,67,68,69)(H,70,71,72)(H,73,74,75)(H2,43,44,45,46,47). The van der Waals surface area contributed by atoms with Gasteiger partial charge in [-0.2, -0.15) is 70.6 Å². The topological polar surface area (TPSA) is 578 Å². The highest BCUT2D eigenvalue weighted by atomic mass is 35.5. The minimum atomic E-state index is -5.59. The number of phenols is 2. The highest BCUT2D eigenvalue weighted by Gasteiger charge is 2.29. The maximum atomic E-state index is 12.8. The fourth-order valence-corrected chi connectivity index (χ4v) is 12.8. The number of halogens is 2. The predicted octanol–water partition coefficient (Wildman–Crippen LogP) is 5.16. The third-order valence-corrected chi connectivity index (χ3v) is 18.1. The smallest absolute Gasteiger partial charge is 0.398 e. The van der Waals surface area contributed by atoms with Gasteiger partial charge >= 0.3 is 10.4 Å². The van der Waals surface area contributed by atoms with Gasteiger partial charge in [-0.3, -0.25) is 36.3 Å². The minimum absolute atomic E-state index is 0.313. The molecule has 0 aliphatic rings. The van der Waals surface area contributed by atoms with Gasteiger partial charge in [0, 0.05) is 16.5 Å². The Kier molecular flexibility index (Phi) is 18.7. The Morgan fingerprint density at radius 2 is 1.04 bits per heavy atom. The number of aromatic hydroxyl groups is 2. The van der Waals surface area contributed by atoms with E-state index < -0.39 is 214 Å². The van der Waals surface area contributed by atoms with Crippen LogP contribution in [0, 0.1) is 0 Å². The number of anilines is 5. The molecule has 11 N–H and O–H groups in total. The third kappa shape index (κ3) is 16.0. The number of carbonyl (C=O) groups excluding carboxylic acids is 1. The summed E-state index contributed by atoms with van der Waals surface area (Å²) in [6.45, 7) is 0. The van der Waals surface area contributed by atoms with E-state index in [0.29, 0.717) is 42.5 Å². The van der Waals surface area contributed by atoms with E-state index in [0.717, 1.165) is 36.4 Å². The normalized spacial score (nSPS) is 13.4. The lowest BCUT2D eigenvalue weighted by Crippen LogP contribution is -2.20. The predicted molar refractivity (Wildman–Crippen MR) is 291 cm³/mol. The van der Waals surface area contributed by atoms with E-state index in [2.05, 4.69) is 59.7 Å². The summed E-state index contributed by atoms with van der Waals surface area (Å²) in [5.74, 6) is -7.59. The first-order valence-electron chi connectivity index (χ1n) is 21.4. The molecule has 0 spiro atoms. The number of fused-ring (bicyclic) bond motifs is 2. The molecule has 1 heterocycles. The zero-order valence-corrected chi connectivity index (χ0v) is 48.7.